The van der Waals surface area contributed by atoms with E-state index in [1.165, 1.54) is 49.7 Å². The third kappa shape index (κ3) is 4.82. The van der Waals surface area contributed by atoms with Crippen molar-refractivity contribution in [1.82, 2.24) is 9.78 Å². The van der Waals surface area contributed by atoms with Crippen molar-refractivity contribution in [1.29, 1.82) is 0 Å². The van der Waals surface area contributed by atoms with Crippen LogP contribution >= 0.6 is 11.3 Å². The average molecular weight is 381 g/mol. The van der Waals surface area contributed by atoms with Crippen molar-refractivity contribution in [2.45, 2.75) is 18.9 Å². The smallest absolute Gasteiger partial charge is 0.307 e. The molecule has 0 aromatic carbocycles. The van der Waals surface area contributed by atoms with E-state index in [4.69, 9.17) is 4.74 Å². The maximum Gasteiger partial charge on any atom is 0.307 e. The van der Waals surface area contributed by atoms with Crippen molar-refractivity contribution in [3.63, 3.8) is 0 Å². The summed E-state index contributed by atoms with van der Waals surface area (Å²) >= 11 is 1.35. The first-order valence-corrected chi connectivity index (χ1v) is 8.52. The molecule has 0 fully saturated rings. The molecule has 1 N–H and O–H groups in total. The van der Waals surface area contributed by atoms with E-state index in [0.29, 0.717) is 17.0 Å². The Bertz CT molecular complexity index is 767. The maximum absolute atomic E-state index is 12.3. The summed E-state index contributed by atoms with van der Waals surface area (Å²) in [6.45, 7) is 0. The second-order valence-electron chi connectivity index (χ2n) is 5.23. The number of hydrogen-bond acceptors (Lipinski definition) is 8. The zero-order chi connectivity index (χ0) is 19.1. The highest BCUT2D eigenvalue weighted by molar-refractivity contribution is 7.08. The SMILES string of the molecule is COC(=O)CC(CC(=O)OC)n1cc(NC(=O)c2cscc2OC)cn1. The van der Waals surface area contributed by atoms with Gasteiger partial charge in [-0.15, -0.1) is 11.3 Å². The van der Waals surface area contributed by atoms with Crippen molar-refractivity contribution in [3.05, 3.63) is 28.7 Å². The molecule has 140 valence electrons. The largest absolute Gasteiger partial charge is 0.495 e. The van der Waals surface area contributed by atoms with Gasteiger partial charge in [0, 0.05) is 17.0 Å². The minimum absolute atomic E-state index is 0.0565. The molecule has 0 unspecified atom stereocenters. The number of carbonyl (C=O) groups is 3. The predicted molar refractivity (Wildman–Crippen MR) is 93.4 cm³/mol. The van der Waals surface area contributed by atoms with Gasteiger partial charge in [0.1, 0.15) is 5.75 Å². The van der Waals surface area contributed by atoms with Crippen molar-refractivity contribution in [2.75, 3.05) is 26.6 Å². The van der Waals surface area contributed by atoms with E-state index in [1.807, 2.05) is 0 Å². The molecular formula is C16H19N3O6S. The monoisotopic (exact) mass is 381 g/mol. The van der Waals surface area contributed by atoms with Gasteiger partial charge in [0.2, 0.25) is 0 Å². The highest BCUT2D eigenvalue weighted by Crippen LogP contribution is 2.25. The van der Waals surface area contributed by atoms with Crippen LogP contribution in [0.2, 0.25) is 0 Å². The normalized spacial score (nSPS) is 10.5. The van der Waals surface area contributed by atoms with Gasteiger partial charge in [-0.05, 0) is 0 Å². The number of nitrogens with zero attached hydrogens (tertiary/aromatic N) is 2. The summed E-state index contributed by atoms with van der Waals surface area (Å²) in [6, 6.07) is -0.587. The van der Waals surface area contributed by atoms with Crippen molar-refractivity contribution in [2.24, 2.45) is 0 Å². The fraction of sp³-hybridized carbons (Fsp3) is 0.375. The van der Waals surface area contributed by atoms with E-state index >= 15 is 0 Å². The molecule has 0 aliphatic carbocycles. The van der Waals surface area contributed by atoms with Gasteiger partial charge < -0.3 is 19.5 Å². The van der Waals surface area contributed by atoms with E-state index < -0.39 is 18.0 Å². The van der Waals surface area contributed by atoms with Gasteiger partial charge in [0.15, 0.2) is 0 Å². The molecule has 0 saturated heterocycles. The Morgan fingerprint density at radius 2 is 1.81 bits per heavy atom. The molecule has 0 saturated carbocycles. The molecule has 2 rings (SSSR count). The molecule has 0 aliphatic rings. The summed E-state index contributed by atoms with van der Waals surface area (Å²) in [5.74, 6) is -0.833. The molecule has 0 bridgehead atoms. The van der Waals surface area contributed by atoms with Gasteiger partial charge in [-0.3, -0.25) is 19.1 Å². The van der Waals surface area contributed by atoms with Gasteiger partial charge in [0.25, 0.3) is 5.91 Å². The van der Waals surface area contributed by atoms with Crippen molar-refractivity contribution < 1.29 is 28.6 Å². The molecule has 0 atom stereocenters. The van der Waals surface area contributed by atoms with Gasteiger partial charge in [0.05, 0.1) is 57.7 Å². The number of carbonyl (C=O) groups excluding carboxylic acids is 3. The highest BCUT2D eigenvalue weighted by atomic mass is 32.1. The number of nitrogens with one attached hydrogen (secondary N) is 1. The second-order valence-corrected chi connectivity index (χ2v) is 5.97. The lowest BCUT2D eigenvalue weighted by Crippen LogP contribution is -2.19. The zero-order valence-corrected chi connectivity index (χ0v) is 15.4. The van der Waals surface area contributed by atoms with Crippen LogP contribution in [0.15, 0.2) is 23.2 Å². The molecular weight excluding hydrogens is 362 g/mol. The van der Waals surface area contributed by atoms with Gasteiger partial charge in [-0.2, -0.15) is 5.10 Å². The maximum atomic E-state index is 12.3. The van der Waals surface area contributed by atoms with Crippen LogP contribution in [0.3, 0.4) is 0 Å². The molecule has 0 radical (unpaired) electrons. The summed E-state index contributed by atoms with van der Waals surface area (Å²) in [5.41, 5.74) is 0.828. The number of anilines is 1. The molecule has 1 amide bonds. The summed E-state index contributed by atoms with van der Waals surface area (Å²) in [4.78, 5) is 35.5. The second kappa shape index (κ2) is 8.99. The van der Waals surface area contributed by atoms with Crippen molar-refractivity contribution >= 4 is 34.9 Å². The summed E-state index contributed by atoms with van der Waals surface area (Å²) < 4.78 is 15.8. The number of aromatic nitrogens is 2. The van der Waals surface area contributed by atoms with Crippen LogP contribution in [0.5, 0.6) is 5.75 Å². The number of hydrogen-bond donors (Lipinski definition) is 1. The Morgan fingerprint density at radius 3 is 2.38 bits per heavy atom. The number of ether oxygens (including phenoxy) is 3. The number of esters is 2. The molecule has 9 nitrogen and oxygen atoms in total. The molecule has 2 heterocycles. The van der Waals surface area contributed by atoms with Gasteiger partial charge in [-0.1, -0.05) is 0 Å². The summed E-state index contributed by atoms with van der Waals surface area (Å²) in [7, 11) is 4.02. The predicted octanol–water partition coefficient (Wildman–Crippen LogP) is 1.87. The van der Waals surface area contributed by atoms with Crippen LogP contribution in [-0.4, -0.2) is 49.0 Å². The third-order valence-electron chi connectivity index (χ3n) is 3.58. The van der Waals surface area contributed by atoms with E-state index in [1.54, 1.807) is 10.8 Å². The molecule has 2 aromatic rings. The standard InChI is InChI=1S/C16H19N3O6S/c1-23-13-9-26-8-12(13)16(22)18-10-6-17-19(7-10)11(4-14(20)24-2)5-15(21)25-3/h6-9,11H,4-5H2,1-3H3,(H,18,22). The number of methoxy groups -OCH3 is 3. The van der Waals surface area contributed by atoms with Gasteiger partial charge >= 0.3 is 11.9 Å². The molecule has 0 spiro atoms. The molecule has 2 aromatic heterocycles. The van der Waals surface area contributed by atoms with Crippen molar-refractivity contribution in [3.8, 4) is 5.75 Å². The van der Waals surface area contributed by atoms with Crippen LogP contribution in [0, 0.1) is 0 Å². The Kier molecular flexibility index (Phi) is 6.73. The number of rotatable bonds is 8. The van der Waals surface area contributed by atoms with Crippen LogP contribution in [0.1, 0.15) is 29.2 Å². The lowest BCUT2D eigenvalue weighted by atomic mass is 10.1. The molecule has 0 aliphatic heterocycles. The van der Waals surface area contributed by atoms with Crippen LogP contribution in [0.4, 0.5) is 5.69 Å². The summed E-state index contributed by atoms with van der Waals surface area (Å²) in [6.07, 6.45) is 2.85. The van der Waals surface area contributed by atoms with Gasteiger partial charge in [-0.25, -0.2) is 0 Å². The quantitative estimate of drug-likeness (QED) is 0.695. The average Bonchev–Trinajstić information content (AvgIpc) is 3.29. The van der Waals surface area contributed by atoms with Crippen LogP contribution in [-0.2, 0) is 19.1 Å². The Labute approximate surface area is 153 Å². The van der Waals surface area contributed by atoms with Crippen LogP contribution < -0.4 is 10.1 Å². The minimum Gasteiger partial charge on any atom is -0.495 e. The molecule has 10 heteroatoms. The highest BCUT2D eigenvalue weighted by Gasteiger charge is 2.22. The number of amides is 1. The lowest BCUT2D eigenvalue weighted by molar-refractivity contribution is -0.144. The minimum atomic E-state index is -0.587. The summed E-state index contributed by atoms with van der Waals surface area (Å²) in [5, 5.41) is 10.2. The fourth-order valence-electron chi connectivity index (χ4n) is 2.22. The Balaban J connectivity index is 2.13. The zero-order valence-electron chi connectivity index (χ0n) is 14.6. The Hall–Kier alpha value is -2.88. The fourth-order valence-corrected chi connectivity index (χ4v) is 2.99. The van der Waals surface area contributed by atoms with E-state index in [2.05, 4.69) is 19.9 Å². The van der Waals surface area contributed by atoms with E-state index in [9.17, 15) is 14.4 Å². The number of thiophene rings is 1. The molecule has 26 heavy (non-hydrogen) atoms. The lowest BCUT2D eigenvalue weighted by Gasteiger charge is -2.15. The first kappa shape index (κ1) is 19.4. The first-order chi connectivity index (χ1) is 12.5. The first-order valence-electron chi connectivity index (χ1n) is 7.57. The van der Waals surface area contributed by atoms with Crippen LogP contribution in [0.25, 0.3) is 0 Å². The van der Waals surface area contributed by atoms with E-state index in [-0.39, 0.29) is 18.7 Å². The Morgan fingerprint density at radius 1 is 1.15 bits per heavy atom. The third-order valence-corrected chi connectivity index (χ3v) is 4.31. The van der Waals surface area contributed by atoms with E-state index in [0.717, 1.165) is 0 Å². The topological polar surface area (TPSA) is 109 Å².